The Kier molecular flexibility index (Phi) is 1.41. The van der Waals surface area contributed by atoms with Gasteiger partial charge < -0.3 is 10.5 Å². The number of H-pyrrole nitrogens is 1. The molecule has 1 aliphatic heterocycles. The third-order valence-electron chi connectivity index (χ3n) is 1.93. The first-order valence-electron chi connectivity index (χ1n) is 3.68. The van der Waals surface area contributed by atoms with Crippen molar-refractivity contribution in [2.45, 2.75) is 19.6 Å². The zero-order valence-electron chi connectivity index (χ0n) is 6.63. The smallest absolute Gasteiger partial charge is 0.258 e. The number of nitrogens with zero attached hydrogens (tertiary/aromatic N) is 1. The lowest BCUT2D eigenvalue weighted by Crippen LogP contribution is -2.17. The fraction of sp³-hybridized carbons (Fsp3) is 0.429. The lowest BCUT2D eigenvalue weighted by Gasteiger charge is -2.00. The number of anilines is 1. The highest BCUT2D eigenvalue weighted by Crippen LogP contribution is 2.24. The summed E-state index contributed by atoms with van der Waals surface area (Å²) in [4.78, 5) is 17.7. The van der Waals surface area contributed by atoms with Gasteiger partial charge in [-0.2, -0.15) is 0 Å². The second-order valence-electron chi connectivity index (χ2n) is 2.76. The van der Waals surface area contributed by atoms with E-state index in [0.717, 1.165) is 0 Å². The van der Waals surface area contributed by atoms with Crippen LogP contribution in [0.5, 0.6) is 0 Å². The van der Waals surface area contributed by atoms with E-state index < -0.39 is 0 Å². The molecule has 0 spiro atoms. The average Bonchev–Trinajstić information content (AvgIpc) is 2.31. The Morgan fingerprint density at radius 1 is 1.75 bits per heavy atom. The van der Waals surface area contributed by atoms with E-state index in [1.165, 1.54) is 0 Å². The summed E-state index contributed by atoms with van der Waals surface area (Å²) in [6.07, 6.45) is -0.170. The van der Waals surface area contributed by atoms with Gasteiger partial charge in [0.25, 0.3) is 5.56 Å². The predicted octanol–water partition coefficient (Wildman–Crippen LogP) is -0.0567. The summed E-state index contributed by atoms with van der Waals surface area (Å²) >= 11 is 0. The molecule has 0 bridgehead atoms. The van der Waals surface area contributed by atoms with Gasteiger partial charge in [-0.1, -0.05) is 0 Å². The van der Waals surface area contributed by atoms with E-state index in [2.05, 4.69) is 9.97 Å². The number of aromatic amines is 1. The van der Waals surface area contributed by atoms with Gasteiger partial charge in [0.2, 0.25) is 5.95 Å². The first-order valence-corrected chi connectivity index (χ1v) is 3.68. The van der Waals surface area contributed by atoms with Gasteiger partial charge in [-0.25, -0.2) is 4.98 Å². The van der Waals surface area contributed by atoms with Gasteiger partial charge in [-0.05, 0) is 6.92 Å². The summed E-state index contributed by atoms with van der Waals surface area (Å²) in [6, 6.07) is 0. The third-order valence-corrected chi connectivity index (χ3v) is 1.93. The van der Waals surface area contributed by atoms with Crippen LogP contribution in [0.2, 0.25) is 0 Å². The van der Waals surface area contributed by atoms with E-state index in [9.17, 15) is 4.79 Å². The van der Waals surface area contributed by atoms with Crippen molar-refractivity contribution in [3.05, 3.63) is 21.6 Å². The van der Waals surface area contributed by atoms with Crippen LogP contribution in [0.1, 0.15) is 24.3 Å². The second-order valence-corrected chi connectivity index (χ2v) is 2.76. The molecule has 1 aliphatic rings. The van der Waals surface area contributed by atoms with Crippen molar-refractivity contribution < 1.29 is 4.74 Å². The van der Waals surface area contributed by atoms with Gasteiger partial charge in [0.05, 0.1) is 24.0 Å². The topological polar surface area (TPSA) is 81.0 Å². The minimum Gasteiger partial charge on any atom is -0.369 e. The van der Waals surface area contributed by atoms with Gasteiger partial charge >= 0.3 is 0 Å². The Balaban J connectivity index is 2.69. The summed E-state index contributed by atoms with van der Waals surface area (Å²) in [5, 5.41) is 0. The maximum Gasteiger partial charge on any atom is 0.258 e. The average molecular weight is 167 g/mol. The van der Waals surface area contributed by atoms with Crippen molar-refractivity contribution in [3.63, 3.8) is 0 Å². The van der Waals surface area contributed by atoms with Crippen molar-refractivity contribution in [1.82, 2.24) is 9.97 Å². The minimum absolute atomic E-state index is 0.149. The molecule has 5 nitrogen and oxygen atoms in total. The molecule has 0 aliphatic carbocycles. The molecule has 1 aromatic rings. The molecule has 1 unspecified atom stereocenters. The third kappa shape index (κ3) is 0.902. The number of aromatic nitrogens is 2. The van der Waals surface area contributed by atoms with Crippen LogP contribution >= 0.6 is 0 Å². The number of nitrogens with one attached hydrogen (secondary N) is 1. The molecule has 3 N–H and O–H groups in total. The molecule has 0 fully saturated rings. The van der Waals surface area contributed by atoms with E-state index in [-0.39, 0.29) is 17.6 Å². The van der Waals surface area contributed by atoms with Crippen LogP contribution in [-0.4, -0.2) is 9.97 Å². The van der Waals surface area contributed by atoms with Crippen molar-refractivity contribution in [3.8, 4) is 0 Å². The molecule has 0 radical (unpaired) electrons. The molecule has 0 saturated heterocycles. The van der Waals surface area contributed by atoms with E-state index in [4.69, 9.17) is 10.5 Å². The van der Waals surface area contributed by atoms with Crippen LogP contribution < -0.4 is 11.3 Å². The van der Waals surface area contributed by atoms with Gasteiger partial charge in [0, 0.05) is 0 Å². The van der Waals surface area contributed by atoms with Crippen molar-refractivity contribution in [2.24, 2.45) is 0 Å². The highest BCUT2D eigenvalue weighted by Gasteiger charge is 2.24. The predicted molar refractivity (Wildman–Crippen MR) is 42.5 cm³/mol. The van der Waals surface area contributed by atoms with Gasteiger partial charge in [0.15, 0.2) is 0 Å². The number of rotatable bonds is 0. The van der Waals surface area contributed by atoms with Crippen LogP contribution in [0.25, 0.3) is 0 Å². The molecule has 2 rings (SSSR count). The maximum atomic E-state index is 11.3. The standard InChI is InChI=1S/C7H9N3O2/c1-3-5-4(2-12-3)9-7(8)10-6(5)11/h3H,2H2,1H3,(H3,8,9,10,11). The SMILES string of the molecule is CC1OCc2nc(N)[nH]c(=O)c21. The Labute approximate surface area is 68.6 Å². The monoisotopic (exact) mass is 167 g/mol. The van der Waals surface area contributed by atoms with Gasteiger partial charge in [0.1, 0.15) is 0 Å². The molecule has 64 valence electrons. The van der Waals surface area contributed by atoms with Crippen LogP contribution in [0.4, 0.5) is 5.95 Å². The van der Waals surface area contributed by atoms with Crippen LogP contribution in [0.3, 0.4) is 0 Å². The molecule has 12 heavy (non-hydrogen) atoms. The lowest BCUT2D eigenvalue weighted by molar-refractivity contribution is 0.0782. The molecule has 0 saturated carbocycles. The van der Waals surface area contributed by atoms with Crippen molar-refractivity contribution >= 4 is 5.95 Å². The summed E-state index contributed by atoms with van der Waals surface area (Å²) < 4.78 is 5.22. The summed E-state index contributed by atoms with van der Waals surface area (Å²) in [7, 11) is 0. The molecule has 0 amide bonds. The van der Waals surface area contributed by atoms with E-state index in [1.807, 2.05) is 6.92 Å². The molecular weight excluding hydrogens is 158 g/mol. The number of nitrogens with two attached hydrogens (primary N) is 1. The highest BCUT2D eigenvalue weighted by atomic mass is 16.5. The van der Waals surface area contributed by atoms with Gasteiger partial charge in [-0.15, -0.1) is 0 Å². The Bertz CT molecular complexity index is 371. The molecule has 2 heterocycles. The fourth-order valence-corrected chi connectivity index (χ4v) is 1.36. The van der Waals surface area contributed by atoms with Crippen LogP contribution in [0, 0.1) is 0 Å². The molecule has 5 heteroatoms. The van der Waals surface area contributed by atoms with E-state index >= 15 is 0 Å². The minimum atomic E-state index is -0.192. The Morgan fingerprint density at radius 2 is 2.50 bits per heavy atom. The normalized spacial score (nSPS) is 20.9. The lowest BCUT2D eigenvalue weighted by atomic mass is 10.2. The largest absolute Gasteiger partial charge is 0.369 e. The maximum absolute atomic E-state index is 11.3. The fourth-order valence-electron chi connectivity index (χ4n) is 1.36. The summed E-state index contributed by atoms with van der Waals surface area (Å²) in [5.74, 6) is 0.149. The van der Waals surface area contributed by atoms with E-state index in [1.54, 1.807) is 0 Å². The zero-order chi connectivity index (χ0) is 8.72. The second kappa shape index (κ2) is 2.31. The molecule has 0 aromatic carbocycles. The van der Waals surface area contributed by atoms with Crippen molar-refractivity contribution in [2.75, 3.05) is 5.73 Å². The number of fused-ring (bicyclic) bond motifs is 1. The first-order chi connectivity index (χ1) is 5.68. The van der Waals surface area contributed by atoms with Crippen LogP contribution in [-0.2, 0) is 11.3 Å². The Morgan fingerprint density at radius 3 is 3.25 bits per heavy atom. The highest BCUT2D eigenvalue weighted by molar-refractivity contribution is 5.28. The quantitative estimate of drug-likeness (QED) is 0.567. The number of hydrogen-bond donors (Lipinski definition) is 2. The number of ether oxygens (including phenoxy) is 1. The Hall–Kier alpha value is -1.36. The number of hydrogen-bond acceptors (Lipinski definition) is 4. The molecular formula is C7H9N3O2. The van der Waals surface area contributed by atoms with Gasteiger partial charge in [-0.3, -0.25) is 9.78 Å². The summed E-state index contributed by atoms with van der Waals surface area (Å²) in [5.41, 5.74) is 6.42. The zero-order valence-corrected chi connectivity index (χ0v) is 6.63. The number of nitrogen functional groups attached to an aromatic ring is 1. The van der Waals surface area contributed by atoms with Crippen molar-refractivity contribution in [1.29, 1.82) is 0 Å². The molecule has 1 atom stereocenters. The van der Waals surface area contributed by atoms with Crippen LogP contribution in [0.15, 0.2) is 4.79 Å². The van der Waals surface area contributed by atoms with E-state index in [0.29, 0.717) is 17.9 Å². The molecule has 1 aromatic heterocycles. The summed E-state index contributed by atoms with van der Waals surface area (Å²) in [6.45, 7) is 2.20. The first kappa shape index (κ1) is 7.30.